The second kappa shape index (κ2) is 7.38. The molecule has 0 aliphatic heterocycles. The summed E-state index contributed by atoms with van der Waals surface area (Å²) in [6.07, 6.45) is 1.56. The van der Waals surface area contributed by atoms with Gasteiger partial charge in [-0.3, -0.25) is 4.72 Å². The summed E-state index contributed by atoms with van der Waals surface area (Å²) < 4.78 is 26.1. The molecular formula is C13H22N2O2S. The largest absolute Gasteiger partial charge is 0.313 e. The molecular weight excluding hydrogens is 248 g/mol. The molecule has 18 heavy (non-hydrogen) atoms. The monoisotopic (exact) mass is 270 g/mol. The van der Waals surface area contributed by atoms with E-state index in [4.69, 9.17) is 0 Å². The minimum atomic E-state index is -3.20. The summed E-state index contributed by atoms with van der Waals surface area (Å²) in [7, 11) is -3.20. The van der Waals surface area contributed by atoms with E-state index >= 15 is 0 Å². The van der Waals surface area contributed by atoms with Crippen LogP contribution in [0.2, 0.25) is 0 Å². The molecule has 0 unspecified atom stereocenters. The predicted octanol–water partition coefficient (Wildman–Crippen LogP) is 2.34. The number of hydrogen-bond acceptors (Lipinski definition) is 3. The second-order valence-electron chi connectivity index (χ2n) is 4.26. The highest BCUT2D eigenvalue weighted by Gasteiger charge is 2.09. The first kappa shape index (κ1) is 15.0. The third-order valence-corrected chi connectivity index (χ3v) is 3.92. The zero-order valence-electron chi connectivity index (χ0n) is 11.1. The van der Waals surface area contributed by atoms with Crippen LogP contribution < -0.4 is 10.0 Å². The Hall–Kier alpha value is -1.07. The van der Waals surface area contributed by atoms with E-state index in [0.29, 0.717) is 12.1 Å². The van der Waals surface area contributed by atoms with E-state index < -0.39 is 10.0 Å². The Morgan fingerprint density at radius 1 is 1.22 bits per heavy atom. The fraction of sp³-hybridized carbons (Fsp3) is 0.538. The molecule has 1 aromatic rings. The highest BCUT2D eigenvalue weighted by Crippen LogP contribution is 2.13. The molecule has 1 aromatic carbocycles. The van der Waals surface area contributed by atoms with Crippen LogP contribution in [0.25, 0.3) is 0 Å². The van der Waals surface area contributed by atoms with Crippen molar-refractivity contribution in [3.63, 3.8) is 0 Å². The van der Waals surface area contributed by atoms with Crippen LogP contribution in [0.15, 0.2) is 24.3 Å². The van der Waals surface area contributed by atoms with Crippen LogP contribution in [-0.2, 0) is 16.6 Å². The molecule has 0 amide bonds. The molecule has 0 aromatic heterocycles. The topological polar surface area (TPSA) is 58.2 Å². The minimum absolute atomic E-state index is 0.181. The Labute approximate surface area is 110 Å². The van der Waals surface area contributed by atoms with Crippen molar-refractivity contribution in [1.29, 1.82) is 0 Å². The van der Waals surface area contributed by atoms with Crippen LogP contribution in [0.3, 0.4) is 0 Å². The van der Waals surface area contributed by atoms with Gasteiger partial charge < -0.3 is 5.32 Å². The number of hydrogen-bond donors (Lipinski definition) is 2. The maximum Gasteiger partial charge on any atom is 0.232 e. The molecule has 1 rings (SSSR count). The Bertz CT molecular complexity index is 458. The van der Waals surface area contributed by atoms with Gasteiger partial charge in [0.1, 0.15) is 0 Å². The maximum absolute atomic E-state index is 11.8. The van der Waals surface area contributed by atoms with Gasteiger partial charge in [0, 0.05) is 12.2 Å². The fourth-order valence-corrected chi connectivity index (χ4v) is 2.84. The van der Waals surface area contributed by atoms with Gasteiger partial charge in [0.25, 0.3) is 0 Å². The Kier molecular flexibility index (Phi) is 6.15. The maximum atomic E-state index is 11.8. The number of unbranched alkanes of at least 4 members (excludes halogenated alkanes) is 1. The van der Waals surface area contributed by atoms with Gasteiger partial charge in [-0.05, 0) is 30.7 Å². The molecule has 0 fully saturated rings. The summed E-state index contributed by atoms with van der Waals surface area (Å²) in [5, 5.41) is 3.21. The number of rotatable bonds is 8. The molecule has 2 N–H and O–H groups in total. The zero-order chi connectivity index (χ0) is 13.4. The lowest BCUT2D eigenvalue weighted by Gasteiger charge is -2.09. The number of sulfonamides is 1. The fourth-order valence-electron chi connectivity index (χ4n) is 1.58. The van der Waals surface area contributed by atoms with Crippen LogP contribution in [0.4, 0.5) is 5.69 Å². The van der Waals surface area contributed by atoms with Crippen LogP contribution in [0.1, 0.15) is 32.3 Å². The Balaban J connectivity index is 2.66. The molecule has 0 saturated heterocycles. The molecule has 0 atom stereocenters. The van der Waals surface area contributed by atoms with Crippen molar-refractivity contribution in [1.82, 2.24) is 5.32 Å². The SMILES string of the molecule is CCCCS(=O)(=O)Nc1cccc(CNCC)c1. The molecule has 0 saturated carbocycles. The lowest BCUT2D eigenvalue weighted by Crippen LogP contribution is -2.17. The molecule has 5 heteroatoms. The molecule has 102 valence electrons. The molecule has 4 nitrogen and oxygen atoms in total. The first-order chi connectivity index (χ1) is 8.57. The molecule has 0 aliphatic carbocycles. The van der Waals surface area contributed by atoms with Gasteiger partial charge in [-0.25, -0.2) is 8.42 Å². The van der Waals surface area contributed by atoms with E-state index in [0.717, 1.165) is 25.1 Å². The van der Waals surface area contributed by atoms with Crippen molar-refractivity contribution in [2.75, 3.05) is 17.0 Å². The van der Waals surface area contributed by atoms with Crippen molar-refractivity contribution in [3.05, 3.63) is 29.8 Å². The van der Waals surface area contributed by atoms with Crippen molar-refractivity contribution < 1.29 is 8.42 Å². The summed E-state index contributed by atoms with van der Waals surface area (Å²) in [6, 6.07) is 7.49. The van der Waals surface area contributed by atoms with E-state index in [1.165, 1.54) is 0 Å². The van der Waals surface area contributed by atoms with Gasteiger partial charge in [0.05, 0.1) is 5.75 Å². The third-order valence-electron chi connectivity index (χ3n) is 2.55. The standard InChI is InChI=1S/C13H22N2O2S/c1-3-5-9-18(16,17)15-13-8-6-7-12(10-13)11-14-4-2/h6-8,10,14-15H,3-5,9,11H2,1-2H3. The smallest absolute Gasteiger partial charge is 0.232 e. The van der Waals surface area contributed by atoms with Crippen LogP contribution in [0.5, 0.6) is 0 Å². The summed E-state index contributed by atoms with van der Waals surface area (Å²) in [6.45, 7) is 5.66. The first-order valence-corrected chi connectivity index (χ1v) is 8.02. The van der Waals surface area contributed by atoms with E-state index in [1.54, 1.807) is 6.07 Å². The van der Waals surface area contributed by atoms with E-state index in [9.17, 15) is 8.42 Å². The molecule has 0 radical (unpaired) electrons. The van der Waals surface area contributed by atoms with Gasteiger partial charge in [-0.1, -0.05) is 32.4 Å². The van der Waals surface area contributed by atoms with Gasteiger partial charge in [0.15, 0.2) is 0 Å². The molecule has 0 aliphatic rings. The van der Waals surface area contributed by atoms with Crippen molar-refractivity contribution in [2.24, 2.45) is 0 Å². The Morgan fingerprint density at radius 3 is 2.67 bits per heavy atom. The highest BCUT2D eigenvalue weighted by atomic mass is 32.2. The first-order valence-electron chi connectivity index (χ1n) is 6.37. The van der Waals surface area contributed by atoms with Crippen LogP contribution in [-0.4, -0.2) is 20.7 Å². The summed E-state index contributed by atoms with van der Waals surface area (Å²) in [4.78, 5) is 0. The number of anilines is 1. The van der Waals surface area contributed by atoms with Crippen LogP contribution >= 0.6 is 0 Å². The van der Waals surface area contributed by atoms with Crippen molar-refractivity contribution in [3.8, 4) is 0 Å². The molecule has 0 spiro atoms. The van der Waals surface area contributed by atoms with Gasteiger partial charge in [-0.15, -0.1) is 0 Å². The number of nitrogens with one attached hydrogen (secondary N) is 2. The van der Waals surface area contributed by atoms with Gasteiger partial charge in [-0.2, -0.15) is 0 Å². The van der Waals surface area contributed by atoms with Gasteiger partial charge >= 0.3 is 0 Å². The molecule has 0 heterocycles. The predicted molar refractivity (Wildman–Crippen MR) is 76.1 cm³/mol. The summed E-state index contributed by atoms with van der Waals surface area (Å²) in [5.41, 5.74) is 1.72. The third kappa shape index (κ3) is 5.51. The summed E-state index contributed by atoms with van der Waals surface area (Å²) >= 11 is 0. The minimum Gasteiger partial charge on any atom is -0.313 e. The highest BCUT2D eigenvalue weighted by molar-refractivity contribution is 7.92. The van der Waals surface area contributed by atoms with Gasteiger partial charge in [0.2, 0.25) is 10.0 Å². The second-order valence-corrected chi connectivity index (χ2v) is 6.10. The van der Waals surface area contributed by atoms with E-state index in [1.807, 2.05) is 32.0 Å². The lowest BCUT2D eigenvalue weighted by atomic mass is 10.2. The Morgan fingerprint density at radius 2 is 2.00 bits per heavy atom. The average Bonchev–Trinajstić information content (AvgIpc) is 2.34. The normalized spacial score (nSPS) is 11.4. The van der Waals surface area contributed by atoms with Crippen LogP contribution in [0, 0.1) is 0 Å². The van der Waals surface area contributed by atoms with Crippen molar-refractivity contribution >= 4 is 15.7 Å². The van der Waals surface area contributed by atoms with Crippen molar-refractivity contribution in [2.45, 2.75) is 33.2 Å². The van der Waals surface area contributed by atoms with E-state index in [2.05, 4.69) is 10.0 Å². The zero-order valence-corrected chi connectivity index (χ0v) is 11.9. The lowest BCUT2D eigenvalue weighted by molar-refractivity contribution is 0.598. The molecule has 0 bridgehead atoms. The summed E-state index contributed by atoms with van der Waals surface area (Å²) in [5.74, 6) is 0.181. The average molecular weight is 270 g/mol. The van der Waals surface area contributed by atoms with E-state index in [-0.39, 0.29) is 5.75 Å². The number of benzene rings is 1. The quantitative estimate of drug-likeness (QED) is 0.762.